The zero-order chi connectivity index (χ0) is 14.3. The molecule has 0 aliphatic rings. The Hall–Kier alpha value is -2.30. The molecule has 0 radical (unpaired) electrons. The number of anilines is 1. The summed E-state index contributed by atoms with van der Waals surface area (Å²) in [5.41, 5.74) is 0.456. The first-order valence-electron chi connectivity index (χ1n) is 5.94. The first-order chi connectivity index (χ1) is 9.08. The van der Waals surface area contributed by atoms with E-state index in [-0.39, 0.29) is 23.6 Å². The van der Waals surface area contributed by atoms with Crippen molar-refractivity contribution >= 4 is 17.6 Å². The molecule has 0 atom stereocenters. The van der Waals surface area contributed by atoms with Gasteiger partial charge in [0.1, 0.15) is 11.3 Å². The third-order valence-corrected chi connectivity index (χ3v) is 2.39. The number of nitrogens with one attached hydrogen (secondary N) is 1. The topological polar surface area (TPSA) is 75.6 Å². The normalized spacial score (nSPS) is 10.4. The smallest absolute Gasteiger partial charge is 0.341 e. The lowest BCUT2D eigenvalue weighted by molar-refractivity contribution is -0.115. The predicted octanol–water partition coefficient (Wildman–Crippen LogP) is 2.47. The summed E-state index contributed by atoms with van der Waals surface area (Å²) in [6.07, 6.45) is 4.81. The standard InChI is InChI=1S/C14H17NO4/c1-3-4-5-6-13(17)15-10-7-8-12(16)11(9-10)14(18)19-2/h4-5,7-9,16H,3,6H2,1-2H3,(H,15,17)/b5-4-. The van der Waals surface area contributed by atoms with Crippen LogP contribution in [0, 0.1) is 0 Å². The Kier molecular flexibility index (Phi) is 5.60. The van der Waals surface area contributed by atoms with Crippen molar-refractivity contribution in [2.45, 2.75) is 19.8 Å². The van der Waals surface area contributed by atoms with Crippen LogP contribution in [0.2, 0.25) is 0 Å². The monoisotopic (exact) mass is 263 g/mol. The van der Waals surface area contributed by atoms with Gasteiger partial charge in [0.15, 0.2) is 0 Å². The molecule has 0 fully saturated rings. The molecule has 0 spiro atoms. The van der Waals surface area contributed by atoms with Crippen molar-refractivity contribution in [1.82, 2.24) is 0 Å². The second kappa shape index (κ2) is 7.20. The number of hydrogen-bond acceptors (Lipinski definition) is 4. The Labute approximate surface area is 111 Å². The summed E-state index contributed by atoms with van der Waals surface area (Å²) in [5.74, 6) is -1.03. The quantitative estimate of drug-likeness (QED) is 0.486. The number of methoxy groups -OCH3 is 1. The SMILES string of the molecule is CC/C=C\CC(=O)Nc1ccc(O)c(C(=O)OC)c1. The number of rotatable bonds is 5. The molecule has 5 heteroatoms. The Morgan fingerprint density at radius 1 is 1.37 bits per heavy atom. The summed E-state index contributed by atoms with van der Waals surface area (Å²) in [6.45, 7) is 1.98. The average Bonchev–Trinajstić information content (AvgIpc) is 2.40. The van der Waals surface area contributed by atoms with Gasteiger partial charge in [-0.3, -0.25) is 4.79 Å². The Morgan fingerprint density at radius 3 is 2.74 bits per heavy atom. The van der Waals surface area contributed by atoms with Crippen molar-refractivity contribution in [1.29, 1.82) is 0 Å². The minimum atomic E-state index is -0.653. The van der Waals surface area contributed by atoms with Crippen LogP contribution in [-0.2, 0) is 9.53 Å². The van der Waals surface area contributed by atoms with Gasteiger partial charge in [-0.15, -0.1) is 0 Å². The van der Waals surface area contributed by atoms with Crippen LogP contribution in [0.5, 0.6) is 5.75 Å². The first kappa shape index (κ1) is 14.8. The van der Waals surface area contributed by atoms with E-state index in [1.807, 2.05) is 13.0 Å². The fourth-order valence-electron chi connectivity index (χ4n) is 1.46. The molecule has 19 heavy (non-hydrogen) atoms. The van der Waals surface area contributed by atoms with E-state index in [2.05, 4.69) is 10.1 Å². The number of allylic oxidation sites excluding steroid dienone is 1. The fourth-order valence-corrected chi connectivity index (χ4v) is 1.46. The van der Waals surface area contributed by atoms with Gasteiger partial charge in [0.2, 0.25) is 5.91 Å². The molecule has 1 amide bonds. The molecular weight excluding hydrogens is 246 g/mol. The van der Waals surface area contributed by atoms with Crippen molar-refractivity contribution in [3.8, 4) is 5.75 Å². The van der Waals surface area contributed by atoms with Gasteiger partial charge in [-0.1, -0.05) is 19.1 Å². The number of esters is 1. The number of benzene rings is 1. The molecule has 1 aromatic carbocycles. The van der Waals surface area contributed by atoms with Crippen LogP contribution in [0.15, 0.2) is 30.4 Å². The second-order valence-corrected chi connectivity index (χ2v) is 3.86. The molecular formula is C14H17NO4. The van der Waals surface area contributed by atoms with Gasteiger partial charge in [-0.2, -0.15) is 0 Å². The van der Waals surface area contributed by atoms with Crippen molar-refractivity contribution in [2.24, 2.45) is 0 Å². The van der Waals surface area contributed by atoms with E-state index in [9.17, 15) is 14.7 Å². The zero-order valence-electron chi connectivity index (χ0n) is 11.0. The largest absolute Gasteiger partial charge is 0.507 e. The summed E-state index contributed by atoms with van der Waals surface area (Å²) in [6, 6.07) is 4.23. The van der Waals surface area contributed by atoms with Crippen molar-refractivity contribution in [2.75, 3.05) is 12.4 Å². The van der Waals surface area contributed by atoms with E-state index < -0.39 is 5.97 Å². The lowest BCUT2D eigenvalue weighted by atomic mass is 10.1. The summed E-state index contributed by atoms with van der Waals surface area (Å²) in [5, 5.41) is 12.2. The molecule has 1 rings (SSSR count). The van der Waals surface area contributed by atoms with Gasteiger partial charge in [0, 0.05) is 12.1 Å². The van der Waals surface area contributed by atoms with Crippen LogP contribution in [0.3, 0.4) is 0 Å². The number of carbonyl (C=O) groups is 2. The van der Waals surface area contributed by atoms with Crippen molar-refractivity contribution < 1.29 is 19.4 Å². The van der Waals surface area contributed by atoms with Gasteiger partial charge in [0.05, 0.1) is 7.11 Å². The highest BCUT2D eigenvalue weighted by atomic mass is 16.5. The Balaban J connectivity index is 2.77. The molecule has 0 aliphatic heterocycles. The zero-order valence-corrected chi connectivity index (χ0v) is 11.0. The molecule has 0 saturated carbocycles. The van der Waals surface area contributed by atoms with Gasteiger partial charge >= 0.3 is 5.97 Å². The minimum absolute atomic E-state index is 0.0180. The number of carbonyl (C=O) groups excluding carboxylic acids is 2. The van der Waals surface area contributed by atoms with Gasteiger partial charge < -0.3 is 15.2 Å². The Morgan fingerprint density at radius 2 is 2.11 bits per heavy atom. The molecule has 0 aromatic heterocycles. The lowest BCUT2D eigenvalue weighted by Gasteiger charge is -2.07. The molecule has 2 N–H and O–H groups in total. The molecule has 102 valence electrons. The van der Waals surface area contributed by atoms with E-state index in [1.54, 1.807) is 6.08 Å². The average molecular weight is 263 g/mol. The molecule has 0 unspecified atom stereocenters. The third-order valence-electron chi connectivity index (χ3n) is 2.39. The maximum atomic E-state index is 11.6. The molecule has 0 heterocycles. The van der Waals surface area contributed by atoms with Crippen LogP contribution in [-0.4, -0.2) is 24.1 Å². The highest BCUT2D eigenvalue weighted by molar-refractivity contribution is 5.96. The Bertz CT molecular complexity index is 494. The van der Waals surface area contributed by atoms with Crippen molar-refractivity contribution in [3.05, 3.63) is 35.9 Å². The molecule has 1 aromatic rings. The number of phenols is 1. The third kappa shape index (κ3) is 4.46. The number of ether oxygens (including phenoxy) is 1. The summed E-state index contributed by atoms with van der Waals surface area (Å²) >= 11 is 0. The number of aromatic hydroxyl groups is 1. The number of amides is 1. The van der Waals surface area contributed by atoms with Gasteiger partial charge in [-0.25, -0.2) is 4.79 Å². The highest BCUT2D eigenvalue weighted by Gasteiger charge is 2.12. The second-order valence-electron chi connectivity index (χ2n) is 3.86. The highest BCUT2D eigenvalue weighted by Crippen LogP contribution is 2.22. The summed E-state index contributed by atoms with van der Waals surface area (Å²) < 4.78 is 4.53. The van der Waals surface area contributed by atoms with E-state index in [0.29, 0.717) is 5.69 Å². The predicted molar refractivity (Wildman–Crippen MR) is 72.1 cm³/mol. The number of phenolic OH excluding ortho intramolecular Hbond substituents is 1. The van der Waals surface area contributed by atoms with Crippen LogP contribution in [0.4, 0.5) is 5.69 Å². The summed E-state index contributed by atoms with van der Waals surface area (Å²) in [7, 11) is 1.22. The van der Waals surface area contributed by atoms with E-state index in [0.717, 1.165) is 6.42 Å². The number of hydrogen-bond donors (Lipinski definition) is 2. The van der Waals surface area contributed by atoms with Crippen LogP contribution in [0.25, 0.3) is 0 Å². The molecule has 0 bridgehead atoms. The molecule has 0 saturated heterocycles. The first-order valence-corrected chi connectivity index (χ1v) is 5.94. The fraction of sp³-hybridized carbons (Fsp3) is 0.286. The van der Waals surface area contributed by atoms with Crippen LogP contribution >= 0.6 is 0 Å². The maximum Gasteiger partial charge on any atom is 0.341 e. The molecule has 0 aliphatic carbocycles. The van der Waals surface area contributed by atoms with E-state index >= 15 is 0 Å². The maximum absolute atomic E-state index is 11.6. The lowest BCUT2D eigenvalue weighted by Crippen LogP contribution is -2.11. The van der Waals surface area contributed by atoms with E-state index in [4.69, 9.17) is 0 Å². The molecule has 5 nitrogen and oxygen atoms in total. The van der Waals surface area contributed by atoms with Crippen LogP contribution < -0.4 is 5.32 Å². The van der Waals surface area contributed by atoms with Crippen LogP contribution in [0.1, 0.15) is 30.1 Å². The van der Waals surface area contributed by atoms with Crippen molar-refractivity contribution in [3.63, 3.8) is 0 Å². The minimum Gasteiger partial charge on any atom is -0.507 e. The van der Waals surface area contributed by atoms with E-state index in [1.165, 1.54) is 25.3 Å². The summed E-state index contributed by atoms with van der Waals surface area (Å²) in [4.78, 5) is 23.0. The van der Waals surface area contributed by atoms with Gasteiger partial charge in [0.25, 0.3) is 0 Å². The van der Waals surface area contributed by atoms with Gasteiger partial charge in [-0.05, 0) is 24.6 Å².